The predicted molar refractivity (Wildman–Crippen MR) is 69.6 cm³/mol. The van der Waals surface area contributed by atoms with Crippen LogP contribution in [-0.2, 0) is 5.75 Å². The van der Waals surface area contributed by atoms with Crippen LogP contribution in [0.3, 0.4) is 0 Å². The third-order valence-corrected chi connectivity index (χ3v) is 3.47. The van der Waals surface area contributed by atoms with Gasteiger partial charge in [-0.2, -0.15) is 0 Å². The topological polar surface area (TPSA) is 38.9 Å². The van der Waals surface area contributed by atoms with Gasteiger partial charge in [0.2, 0.25) is 0 Å². The van der Waals surface area contributed by atoms with Crippen LogP contribution in [0, 0.1) is 5.82 Å². The van der Waals surface area contributed by atoms with E-state index in [9.17, 15) is 4.39 Å². The van der Waals surface area contributed by atoms with Gasteiger partial charge in [0.15, 0.2) is 0 Å². The molecule has 0 spiro atoms. The van der Waals surface area contributed by atoms with Gasteiger partial charge >= 0.3 is 0 Å². The van der Waals surface area contributed by atoms with Gasteiger partial charge < -0.3 is 5.73 Å². The summed E-state index contributed by atoms with van der Waals surface area (Å²) in [5.41, 5.74) is 6.91. The highest BCUT2D eigenvalue weighted by Gasteiger charge is 2.04. The highest BCUT2D eigenvalue weighted by molar-refractivity contribution is 7.98. The van der Waals surface area contributed by atoms with Crippen molar-refractivity contribution < 1.29 is 4.39 Å². The summed E-state index contributed by atoms with van der Waals surface area (Å²) < 4.78 is 13.5. The summed E-state index contributed by atoms with van der Waals surface area (Å²) in [7, 11) is 0. The molecule has 0 unspecified atom stereocenters. The van der Waals surface area contributed by atoms with Crippen LogP contribution < -0.4 is 5.73 Å². The van der Waals surface area contributed by atoms with Crippen molar-refractivity contribution in [1.29, 1.82) is 0 Å². The number of nitrogen functional groups attached to an aromatic ring is 1. The number of nitrogens with zero attached hydrogens (tertiary/aromatic N) is 1. The zero-order valence-electron chi connectivity index (χ0n) is 8.86. The molecule has 2 rings (SSSR count). The molecule has 2 nitrogen and oxygen atoms in total. The second-order valence-corrected chi connectivity index (χ2v) is 4.87. The fraction of sp³-hybridized carbons (Fsp3) is 0.0833. The molecule has 1 heterocycles. The standard InChI is InChI=1S/C12H10ClFN2S/c13-12-5-8(3-4-16-12)7-17-11-2-1-9(15)6-10(11)14/h1-6H,7,15H2. The van der Waals surface area contributed by atoms with E-state index < -0.39 is 0 Å². The number of nitrogens with two attached hydrogens (primary N) is 1. The van der Waals surface area contributed by atoms with Crippen LogP contribution in [0.15, 0.2) is 41.4 Å². The number of benzene rings is 1. The SMILES string of the molecule is Nc1ccc(SCc2ccnc(Cl)c2)c(F)c1. The number of aromatic nitrogens is 1. The van der Waals surface area contributed by atoms with Crippen molar-refractivity contribution in [3.8, 4) is 0 Å². The zero-order chi connectivity index (χ0) is 12.3. The summed E-state index contributed by atoms with van der Waals surface area (Å²) in [4.78, 5) is 4.47. The second kappa shape index (κ2) is 5.38. The van der Waals surface area contributed by atoms with Crippen molar-refractivity contribution >= 4 is 29.1 Å². The van der Waals surface area contributed by atoms with E-state index in [0.717, 1.165) is 5.56 Å². The van der Waals surface area contributed by atoms with E-state index in [1.165, 1.54) is 17.8 Å². The molecule has 0 atom stereocenters. The number of halogens is 2. The summed E-state index contributed by atoms with van der Waals surface area (Å²) in [6.45, 7) is 0. The molecule has 0 fully saturated rings. The molecule has 2 N–H and O–H groups in total. The van der Waals surface area contributed by atoms with Gasteiger partial charge in [0.1, 0.15) is 11.0 Å². The van der Waals surface area contributed by atoms with E-state index in [-0.39, 0.29) is 5.82 Å². The fourth-order valence-electron chi connectivity index (χ4n) is 1.33. The van der Waals surface area contributed by atoms with E-state index in [2.05, 4.69) is 4.98 Å². The number of pyridine rings is 1. The minimum absolute atomic E-state index is 0.296. The third kappa shape index (κ3) is 3.35. The number of rotatable bonds is 3. The molecular weight excluding hydrogens is 259 g/mol. The molecule has 0 aliphatic carbocycles. The normalized spacial score (nSPS) is 10.5. The van der Waals surface area contributed by atoms with Gasteiger partial charge in [-0.15, -0.1) is 11.8 Å². The lowest BCUT2D eigenvalue weighted by Crippen LogP contribution is -1.89. The van der Waals surface area contributed by atoms with Crippen molar-refractivity contribution in [3.63, 3.8) is 0 Å². The molecule has 0 bridgehead atoms. The summed E-state index contributed by atoms with van der Waals surface area (Å²) in [5.74, 6) is 0.346. The molecule has 17 heavy (non-hydrogen) atoms. The van der Waals surface area contributed by atoms with Gasteiger partial charge in [-0.3, -0.25) is 0 Å². The largest absolute Gasteiger partial charge is 0.399 e. The van der Waals surface area contributed by atoms with Crippen molar-refractivity contribution in [2.24, 2.45) is 0 Å². The Kier molecular flexibility index (Phi) is 3.86. The summed E-state index contributed by atoms with van der Waals surface area (Å²) in [6, 6.07) is 8.31. The lowest BCUT2D eigenvalue weighted by Gasteiger charge is -2.04. The number of hydrogen-bond donors (Lipinski definition) is 1. The van der Waals surface area contributed by atoms with Crippen LogP contribution in [0.25, 0.3) is 0 Å². The molecule has 0 radical (unpaired) electrons. The minimum atomic E-state index is -0.296. The number of anilines is 1. The van der Waals surface area contributed by atoms with Gasteiger partial charge in [-0.05, 0) is 35.9 Å². The maximum atomic E-state index is 13.5. The lowest BCUT2D eigenvalue weighted by molar-refractivity contribution is 0.603. The zero-order valence-corrected chi connectivity index (χ0v) is 10.4. The summed E-state index contributed by atoms with van der Waals surface area (Å²) in [5, 5.41) is 0.445. The third-order valence-electron chi connectivity index (χ3n) is 2.14. The Labute approximate surface area is 108 Å². The number of thioether (sulfide) groups is 1. The molecule has 0 aliphatic heterocycles. The maximum Gasteiger partial charge on any atom is 0.138 e. The van der Waals surface area contributed by atoms with Gasteiger partial charge in [0.05, 0.1) is 0 Å². The van der Waals surface area contributed by atoms with Crippen LogP contribution in [0.4, 0.5) is 10.1 Å². The predicted octanol–water partition coefficient (Wildman–Crippen LogP) is 3.75. The smallest absolute Gasteiger partial charge is 0.138 e. The highest BCUT2D eigenvalue weighted by atomic mass is 35.5. The quantitative estimate of drug-likeness (QED) is 0.523. The monoisotopic (exact) mass is 268 g/mol. The molecule has 5 heteroatoms. The van der Waals surface area contributed by atoms with E-state index >= 15 is 0 Å². The first kappa shape index (κ1) is 12.2. The molecule has 2 aromatic rings. The average molecular weight is 269 g/mol. The van der Waals surface area contributed by atoms with Crippen molar-refractivity contribution in [1.82, 2.24) is 4.98 Å². The van der Waals surface area contributed by atoms with E-state index in [4.69, 9.17) is 17.3 Å². The van der Waals surface area contributed by atoms with Gasteiger partial charge in [0.25, 0.3) is 0 Å². The Morgan fingerprint density at radius 3 is 2.82 bits per heavy atom. The second-order valence-electron chi connectivity index (χ2n) is 3.47. The van der Waals surface area contributed by atoms with Gasteiger partial charge in [-0.25, -0.2) is 9.37 Å². The van der Waals surface area contributed by atoms with Crippen LogP contribution >= 0.6 is 23.4 Å². The maximum absolute atomic E-state index is 13.5. The van der Waals surface area contributed by atoms with Crippen molar-refractivity contribution in [3.05, 3.63) is 53.1 Å². The molecule has 88 valence electrons. The minimum Gasteiger partial charge on any atom is -0.399 e. The van der Waals surface area contributed by atoms with E-state index in [1.807, 2.05) is 6.07 Å². The first-order valence-corrected chi connectivity index (χ1v) is 6.30. The van der Waals surface area contributed by atoms with Crippen molar-refractivity contribution in [2.75, 3.05) is 5.73 Å². The van der Waals surface area contributed by atoms with Crippen molar-refractivity contribution in [2.45, 2.75) is 10.6 Å². The molecule has 0 saturated carbocycles. The average Bonchev–Trinajstić information content (AvgIpc) is 2.28. The summed E-state index contributed by atoms with van der Waals surface area (Å²) >= 11 is 7.17. The molecule has 1 aromatic heterocycles. The van der Waals surface area contributed by atoms with Crippen LogP contribution in [-0.4, -0.2) is 4.98 Å². The van der Waals surface area contributed by atoms with Crippen LogP contribution in [0.2, 0.25) is 5.15 Å². The Morgan fingerprint density at radius 1 is 1.29 bits per heavy atom. The van der Waals surface area contributed by atoms with Gasteiger partial charge in [-0.1, -0.05) is 11.6 Å². The van der Waals surface area contributed by atoms with E-state index in [0.29, 0.717) is 21.5 Å². The first-order valence-electron chi connectivity index (χ1n) is 4.93. The van der Waals surface area contributed by atoms with Crippen LogP contribution in [0.5, 0.6) is 0 Å². The first-order chi connectivity index (χ1) is 8.15. The Bertz CT molecular complexity index is 534. The molecule has 0 aliphatic rings. The number of hydrogen-bond acceptors (Lipinski definition) is 3. The Morgan fingerprint density at radius 2 is 2.12 bits per heavy atom. The lowest BCUT2D eigenvalue weighted by atomic mass is 10.3. The Hall–Kier alpha value is -1.26. The highest BCUT2D eigenvalue weighted by Crippen LogP contribution is 2.27. The van der Waals surface area contributed by atoms with Crippen LogP contribution in [0.1, 0.15) is 5.56 Å². The van der Waals surface area contributed by atoms with E-state index in [1.54, 1.807) is 24.4 Å². The van der Waals surface area contributed by atoms with Gasteiger partial charge in [0, 0.05) is 22.5 Å². The summed E-state index contributed by atoms with van der Waals surface area (Å²) in [6.07, 6.45) is 1.64. The molecule has 0 amide bonds. The molecular formula is C12H10ClFN2S. The molecule has 0 saturated heterocycles. The fourth-order valence-corrected chi connectivity index (χ4v) is 2.39. The Balaban J connectivity index is 2.07. The molecule has 1 aromatic carbocycles.